The van der Waals surface area contributed by atoms with E-state index in [-0.39, 0.29) is 36.0 Å². The molecule has 0 saturated carbocycles. The number of carbonyl (C=O) groups is 2. The average Bonchev–Trinajstić information content (AvgIpc) is 2.65. The van der Waals surface area contributed by atoms with E-state index in [9.17, 15) is 14.7 Å². The molecule has 1 saturated heterocycles. The van der Waals surface area contributed by atoms with Crippen molar-refractivity contribution in [2.45, 2.75) is 38.6 Å². The van der Waals surface area contributed by atoms with Crippen LogP contribution in [0.15, 0.2) is 24.3 Å². The zero-order valence-electron chi connectivity index (χ0n) is 15.8. The normalized spacial score (nSPS) is 17.3. The second-order valence-electron chi connectivity index (χ2n) is 6.28. The minimum Gasteiger partial charge on any atom is -0.504 e. The first-order chi connectivity index (χ1) is 12.5. The summed E-state index contributed by atoms with van der Waals surface area (Å²) in [5.41, 5.74) is 0.721. The number of piperidine rings is 1. The fraction of sp³-hybridized carbons (Fsp3) is 0.500. The summed E-state index contributed by atoms with van der Waals surface area (Å²) < 4.78 is 10.1. The van der Waals surface area contributed by atoms with Crippen molar-refractivity contribution in [1.29, 1.82) is 0 Å². The highest BCUT2D eigenvalue weighted by molar-refractivity contribution is 5.93. The molecule has 0 bridgehead atoms. The number of ketones is 1. The summed E-state index contributed by atoms with van der Waals surface area (Å²) in [6, 6.07) is 4.73. The van der Waals surface area contributed by atoms with Gasteiger partial charge in [-0.05, 0) is 50.1 Å². The molecule has 1 fully saturated rings. The van der Waals surface area contributed by atoms with Gasteiger partial charge in [-0.3, -0.25) is 14.5 Å². The van der Waals surface area contributed by atoms with Crippen molar-refractivity contribution in [3.8, 4) is 11.5 Å². The number of rotatable bonds is 8. The molecule has 0 radical (unpaired) electrons. The van der Waals surface area contributed by atoms with Crippen molar-refractivity contribution in [1.82, 2.24) is 4.90 Å². The molecule has 150 valence electrons. The summed E-state index contributed by atoms with van der Waals surface area (Å²) in [5.74, 6) is 0.216. The van der Waals surface area contributed by atoms with E-state index in [2.05, 4.69) is 0 Å². The third-order valence-corrected chi connectivity index (χ3v) is 4.48. The molecule has 1 aliphatic rings. The number of hydrogen-bond acceptors (Lipinski definition) is 6. The Bertz CT molecular complexity index is 662. The molecule has 1 atom stereocenters. The van der Waals surface area contributed by atoms with Gasteiger partial charge in [0.15, 0.2) is 17.3 Å². The number of esters is 1. The van der Waals surface area contributed by atoms with Crippen LogP contribution in [0.4, 0.5) is 0 Å². The van der Waals surface area contributed by atoms with Crippen LogP contribution in [0, 0.1) is 0 Å². The van der Waals surface area contributed by atoms with Gasteiger partial charge in [-0.1, -0.05) is 18.6 Å². The third-order valence-electron chi connectivity index (χ3n) is 4.48. The molecule has 7 heteroatoms. The molecule has 27 heavy (non-hydrogen) atoms. The molecule has 1 heterocycles. The van der Waals surface area contributed by atoms with Crippen LogP contribution < -0.4 is 4.74 Å². The van der Waals surface area contributed by atoms with Gasteiger partial charge in [0.25, 0.3) is 0 Å². The lowest BCUT2D eigenvalue weighted by Gasteiger charge is -2.33. The summed E-state index contributed by atoms with van der Waals surface area (Å²) in [4.78, 5) is 26.3. The summed E-state index contributed by atoms with van der Waals surface area (Å²) >= 11 is 0. The first kappa shape index (κ1) is 23.0. The Morgan fingerprint density at radius 2 is 2.11 bits per heavy atom. The summed E-state index contributed by atoms with van der Waals surface area (Å²) in [6.07, 6.45) is 6.34. The molecule has 1 aromatic carbocycles. The number of halogens is 1. The van der Waals surface area contributed by atoms with E-state index >= 15 is 0 Å². The molecule has 0 aromatic heterocycles. The number of carbonyl (C=O) groups excluding carboxylic acids is 2. The first-order valence-corrected chi connectivity index (χ1v) is 9.03. The quantitative estimate of drug-likeness (QED) is 0.536. The van der Waals surface area contributed by atoms with E-state index in [1.54, 1.807) is 31.2 Å². The van der Waals surface area contributed by atoms with Gasteiger partial charge in [-0.25, -0.2) is 0 Å². The van der Waals surface area contributed by atoms with Gasteiger partial charge in [0, 0.05) is 13.0 Å². The predicted molar refractivity (Wildman–Crippen MR) is 106 cm³/mol. The van der Waals surface area contributed by atoms with Gasteiger partial charge in [0.2, 0.25) is 0 Å². The molecule has 2 rings (SSSR count). The van der Waals surface area contributed by atoms with Crippen molar-refractivity contribution in [2.24, 2.45) is 0 Å². The van der Waals surface area contributed by atoms with E-state index in [0.29, 0.717) is 25.3 Å². The van der Waals surface area contributed by atoms with Crippen molar-refractivity contribution >= 4 is 30.2 Å². The smallest absolute Gasteiger partial charge is 0.323 e. The van der Waals surface area contributed by atoms with E-state index in [4.69, 9.17) is 9.47 Å². The van der Waals surface area contributed by atoms with Gasteiger partial charge in [0.05, 0.1) is 13.7 Å². The Hall–Kier alpha value is -2.05. The van der Waals surface area contributed by atoms with Crippen molar-refractivity contribution in [3.05, 3.63) is 29.8 Å². The maximum atomic E-state index is 12.2. The fourth-order valence-corrected chi connectivity index (χ4v) is 3.10. The molecular weight excluding hydrogens is 370 g/mol. The summed E-state index contributed by atoms with van der Waals surface area (Å²) in [5, 5.41) is 9.76. The zero-order chi connectivity index (χ0) is 18.9. The van der Waals surface area contributed by atoms with Crippen molar-refractivity contribution in [3.63, 3.8) is 0 Å². The maximum Gasteiger partial charge on any atom is 0.323 e. The predicted octanol–water partition coefficient (Wildman–Crippen LogP) is 3.21. The SMILES string of the molecule is CCOC(=O)C1CCCCN1CCC(=O)C=Cc1ccc(OC)c(O)c1.Cl. The van der Waals surface area contributed by atoms with Crippen LogP contribution in [0.25, 0.3) is 6.08 Å². The maximum absolute atomic E-state index is 12.2. The number of aromatic hydroxyl groups is 1. The van der Waals surface area contributed by atoms with Gasteiger partial charge in [-0.15, -0.1) is 12.4 Å². The van der Waals surface area contributed by atoms with Gasteiger partial charge >= 0.3 is 5.97 Å². The van der Waals surface area contributed by atoms with Crippen LogP contribution in [0.1, 0.15) is 38.2 Å². The molecule has 1 aromatic rings. The number of nitrogens with zero attached hydrogens (tertiary/aromatic N) is 1. The molecule has 1 unspecified atom stereocenters. The lowest BCUT2D eigenvalue weighted by molar-refractivity contribution is -0.151. The van der Waals surface area contributed by atoms with Gasteiger partial charge < -0.3 is 14.6 Å². The number of ether oxygens (including phenoxy) is 2. The minimum absolute atomic E-state index is 0. The van der Waals surface area contributed by atoms with Gasteiger partial charge in [0.1, 0.15) is 6.04 Å². The Kier molecular flexibility index (Phi) is 9.89. The highest BCUT2D eigenvalue weighted by Gasteiger charge is 2.29. The van der Waals surface area contributed by atoms with Crippen LogP contribution in [0.5, 0.6) is 11.5 Å². The van der Waals surface area contributed by atoms with Crippen LogP contribution >= 0.6 is 12.4 Å². The van der Waals surface area contributed by atoms with Crippen LogP contribution in [0.3, 0.4) is 0 Å². The second-order valence-corrected chi connectivity index (χ2v) is 6.28. The second kappa shape index (κ2) is 11.6. The number of phenols is 1. The van der Waals surface area contributed by atoms with Crippen LogP contribution in [0.2, 0.25) is 0 Å². The monoisotopic (exact) mass is 397 g/mol. The Labute approximate surface area is 166 Å². The lowest BCUT2D eigenvalue weighted by Crippen LogP contribution is -2.46. The number of allylic oxidation sites excluding steroid dienone is 1. The minimum atomic E-state index is -0.237. The van der Waals surface area contributed by atoms with E-state index in [1.807, 2.05) is 4.90 Å². The number of methoxy groups -OCH3 is 1. The molecule has 0 spiro atoms. The third kappa shape index (κ3) is 6.88. The highest BCUT2D eigenvalue weighted by Crippen LogP contribution is 2.26. The topological polar surface area (TPSA) is 76.1 Å². The van der Waals surface area contributed by atoms with E-state index < -0.39 is 0 Å². The van der Waals surface area contributed by atoms with Gasteiger partial charge in [-0.2, -0.15) is 0 Å². The molecule has 6 nitrogen and oxygen atoms in total. The number of benzene rings is 1. The standard InChI is InChI=1S/C20H27NO5.ClH/c1-3-26-20(24)17-6-4-5-12-21(17)13-11-16(22)9-7-15-8-10-19(25-2)18(23)14-15;/h7-10,14,17,23H,3-6,11-13H2,1-2H3;1H. The first-order valence-electron chi connectivity index (χ1n) is 9.03. The molecule has 1 aliphatic heterocycles. The van der Waals surface area contributed by atoms with Crippen LogP contribution in [-0.2, 0) is 14.3 Å². The van der Waals surface area contributed by atoms with E-state index in [1.165, 1.54) is 13.2 Å². The Morgan fingerprint density at radius 3 is 2.78 bits per heavy atom. The fourth-order valence-electron chi connectivity index (χ4n) is 3.10. The Morgan fingerprint density at radius 1 is 1.33 bits per heavy atom. The molecular formula is C20H28ClNO5. The highest BCUT2D eigenvalue weighted by atomic mass is 35.5. The largest absolute Gasteiger partial charge is 0.504 e. The number of phenolic OH excluding ortho intramolecular Hbond substituents is 1. The van der Waals surface area contributed by atoms with Crippen molar-refractivity contribution < 1.29 is 24.2 Å². The summed E-state index contributed by atoms with van der Waals surface area (Å²) in [7, 11) is 1.48. The molecule has 1 N–H and O–H groups in total. The zero-order valence-corrected chi connectivity index (χ0v) is 16.7. The Balaban J connectivity index is 0.00000364. The average molecular weight is 398 g/mol. The molecule has 0 aliphatic carbocycles. The van der Waals surface area contributed by atoms with Crippen molar-refractivity contribution in [2.75, 3.05) is 26.8 Å². The molecule has 0 amide bonds. The summed E-state index contributed by atoms with van der Waals surface area (Å²) in [6.45, 7) is 3.53. The van der Waals surface area contributed by atoms with E-state index in [0.717, 1.165) is 31.4 Å². The van der Waals surface area contributed by atoms with Crippen LogP contribution in [-0.4, -0.2) is 54.6 Å². The number of hydrogen-bond donors (Lipinski definition) is 1. The lowest BCUT2D eigenvalue weighted by atomic mass is 10.0. The number of likely N-dealkylation sites (tertiary alicyclic amines) is 1.